The van der Waals surface area contributed by atoms with E-state index in [1.54, 1.807) is 0 Å². The normalized spacial score (nSPS) is 11.5. The van der Waals surface area contributed by atoms with Gasteiger partial charge in [0.1, 0.15) is 0 Å². The van der Waals surface area contributed by atoms with Crippen LogP contribution in [0.3, 0.4) is 0 Å². The highest BCUT2D eigenvalue weighted by Gasteiger charge is 2.18. The van der Waals surface area contributed by atoms with E-state index in [1.807, 2.05) is 0 Å². The standard InChI is InChI=1S/C49H31N3/c1-2-13-32(14-3-1)39-29-30-40(43-24-9-8-23-42(39)43)36-19-10-20-37(31-36)47-50-48(44-25-11-17-33-15-4-6-21-38(33)44)52-49(51-47)45-26-12-18-35-28-27-34-16-5-7-22-41(34)46(35)45/h1-31H. The van der Waals surface area contributed by atoms with Gasteiger partial charge < -0.3 is 0 Å². The second-order valence-corrected chi connectivity index (χ2v) is 13.2. The maximum Gasteiger partial charge on any atom is 0.164 e. The highest BCUT2D eigenvalue weighted by Crippen LogP contribution is 2.38. The minimum Gasteiger partial charge on any atom is -0.208 e. The van der Waals surface area contributed by atoms with Crippen LogP contribution in [0.2, 0.25) is 0 Å². The zero-order chi connectivity index (χ0) is 34.4. The Balaban J connectivity index is 1.19. The van der Waals surface area contributed by atoms with Gasteiger partial charge in [0.2, 0.25) is 0 Å². The highest BCUT2D eigenvalue weighted by molar-refractivity contribution is 6.14. The van der Waals surface area contributed by atoms with Crippen LogP contribution in [-0.2, 0) is 0 Å². The van der Waals surface area contributed by atoms with Gasteiger partial charge >= 0.3 is 0 Å². The van der Waals surface area contributed by atoms with Crippen LogP contribution in [0.4, 0.5) is 0 Å². The molecule has 0 unspecified atom stereocenters. The first kappa shape index (κ1) is 29.9. The largest absolute Gasteiger partial charge is 0.208 e. The summed E-state index contributed by atoms with van der Waals surface area (Å²) in [6.07, 6.45) is 0. The first-order valence-corrected chi connectivity index (χ1v) is 17.6. The first-order valence-electron chi connectivity index (χ1n) is 17.6. The number of fused-ring (bicyclic) bond motifs is 5. The molecule has 0 aliphatic carbocycles. The average molecular weight is 662 g/mol. The summed E-state index contributed by atoms with van der Waals surface area (Å²) in [5, 5.41) is 9.33. The van der Waals surface area contributed by atoms with Gasteiger partial charge in [-0.1, -0.05) is 182 Å². The lowest BCUT2D eigenvalue weighted by Crippen LogP contribution is -2.01. The fourth-order valence-electron chi connectivity index (χ4n) is 7.66. The summed E-state index contributed by atoms with van der Waals surface area (Å²) in [6.45, 7) is 0. The van der Waals surface area contributed by atoms with Gasteiger partial charge in [0.05, 0.1) is 0 Å². The average Bonchev–Trinajstić information content (AvgIpc) is 3.23. The van der Waals surface area contributed by atoms with Crippen molar-refractivity contribution in [1.29, 1.82) is 0 Å². The number of rotatable bonds is 5. The van der Waals surface area contributed by atoms with Crippen molar-refractivity contribution >= 4 is 43.1 Å². The molecule has 1 aromatic heterocycles. The predicted octanol–water partition coefficient (Wildman–Crippen LogP) is 12.8. The van der Waals surface area contributed by atoms with Crippen LogP contribution in [0.15, 0.2) is 188 Å². The summed E-state index contributed by atoms with van der Waals surface area (Å²) < 4.78 is 0. The van der Waals surface area contributed by atoms with Crippen LogP contribution in [0.25, 0.3) is 99.5 Å². The molecule has 9 aromatic carbocycles. The maximum atomic E-state index is 5.27. The van der Waals surface area contributed by atoms with E-state index in [1.165, 1.54) is 38.2 Å². The SMILES string of the molecule is c1ccc(-c2ccc(-c3cccc(-c4nc(-c5cccc6ccccc56)nc(-c5cccc6ccc7ccccc7c56)n4)c3)c3ccccc23)cc1. The van der Waals surface area contributed by atoms with Gasteiger partial charge in [-0.15, -0.1) is 0 Å². The van der Waals surface area contributed by atoms with E-state index in [0.29, 0.717) is 17.5 Å². The second kappa shape index (κ2) is 12.4. The number of aromatic nitrogens is 3. The van der Waals surface area contributed by atoms with Crippen molar-refractivity contribution < 1.29 is 0 Å². The Kier molecular flexibility index (Phi) is 7.14. The molecule has 10 aromatic rings. The van der Waals surface area contributed by atoms with Crippen LogP contribution in [0.5, 0.6) is 0 Å². The molecule has 0 saturated heterocycles. The Morgan fingerprint density at radius 3 is 1.50 bits per heavy atom. The minimum absolute atomic E-state index is 0.636. The first-order chi connectivity index (χ1) is 25.8. The molecule has 1 heterocycles. The molecule has 52 heavy (non-hydrogen) atoms. The molecular formula is C49H31N3. The lowest BCUT2D eigenvalue weighted by molar-refractivity contribution is 1.08. The van der Waals surface area contributed by atoms with Crippen LogP contribution in [-0.4, -0.2) is 15.0 Å². The van der Waals surface area contributed by atoms with Crippen molar-refractivity contribution in [2.75, 3.05) is 0 Å². The van der Waals surface area contributed by atoms with Gasteiger partial charge in [-0.2, -0.15) is 0 Å². The van der Waals surface area contributed by atoms with Crippen LogP contribution in [0, 0.1) is 0 Å². The molecule has 0 amide bonds. The van der Waals surface area contributed by atoms with Crippen molar-refractivity contribution in [1.82, 2.24) is 15.0 Å². The van der Waals surface area contributed by atoms with E-state index in [-0.39, 0.29) is 0 Å². The molecule has 0 aliphatic rings. The summed E-state index contributed by atoms with van der Waals surface area (Å²) in [7, 11) is 0. The Bertz CT molecular complexity index is 2960. The second-order valence-electron chi connectivity index (χ2n) is 13.2. The van der Waals surface area contributed by atoms with Gasteiger partial charge in [-0.25, -0.2) is 15.0 Å². The van der Waals surface area contributed by atoms with Crippen LogP contribution in [0.1, 0.15) is 0 Å². The monoisotopic (exact) mass is 661 g/mol. The molecule has 10 rings (SSSR count). The lowest BCUT2D eigenvalue weighted by atomic mass is 9.91. The molecule has 0 radical (unpaired) electrons. The minimum atomic E-state index is 0.636. The van der Waals surface area contributed by atoms with E-state index >= 15 is 0 Å². The number of hydrogen-bond acceptors (Lipinski definition) is 3. The Morgan fingerprint density at radius 1 is 0.250 bits per heavy atom. The summed E-state index contributed by atoms with van der Waals surface area (Å²) >= 11 is 0. The van der Waals surface area contributed by atoms with Crippen molar-refractivity contribution in [2.45, 2.75) is 0 Å². The van der Waals surface area contributed by atoms with Gasteiger partial charge in [-0.3, -0.25) is 0 Å². The zero-order valence-electron chi connectivity index (χ0n) is 28.2. The molecule has 0 aliphatic heterocycles. The third-order valence-electron chi connectivity index (χ3n) is 10.1. The molecule has 3 nitrogen and oxygen atoms in total. The summed E-state index contributed by atoms with van der Waals surface area (Å²) in [5.74, 6) is 1.94. The highest BCUT2D eigenvalue weighted by atomic mass is 15.0. The van der Waals surface area contributed by atoms with Crippen molar-refractivity contribution in [3.05, 3.63) is 188 Å². The topological polar surface area (TPSA) is 38.7 Å². The number of nitrogens with zero attached hydrogens (tertiary/aromatic N) is 3. The van der Waals surface area contributed by atoms with E-state index in [9.17, 15) is 0 Å². The van der Waals surface area contributed by atoms with Gasteiger partial charge in [-0.05, 0) is 66.0 Å². The molecule has 0 fully saturated rings. The molecule has 0 spiro atoms. The molecule has 0 atom stereocenters. The van der Waals surface area contributed by atoms with E-state index in [2.05, 4.69) is 188 Å². The fourth-order valence-corrected chi connectivity index (χ4v) is 7.66. The van der Waals surface area contributed by atoms with Crippen molar-refractivity contribution in [2.24, 2.45) is 0 Å². The summed E-state index contributed by atoms with van der Waals surface area (Å²) in [6, 6.07) is 66.4. The number of hydrogen-bond donors (Lipinski definition) is 0. The zero-order valence-corrected chi connectivity index (χ0v) is 28.2. The predicted molar refractivity (Wildman–Crippen MR) is 217 cm³/mol. The molecule has 0 saturated carbocycles. The van der Waals surface area contributed by atoms with Crippen molar-refractivity contribution in [3.63, 3.8) is 0 Å². The van der Waals surface area contributed by atoms with Gasteiger partial charge in [0, 0.05) is 22.1 Å². The quantitative estimate of drug-likeness (QED) is 0.172. The Morgan fingerprint density at radius 2 is 0.731 bits per heavy atom. The fraction of sp³-hybridized carbons (Fsp3) is 0. The number of benzene rings is 9. The van der Waals surface area contributed by atoms with Gasteiger partial charge in [0.15, 0.2) is 17.5 Å². The van der Waals surface area contributed by atoms with Crippen LogP contribution >= 0.6 is 0 Å². The van der Waals surface area contributed by atoms with Crippen molar-refractivity contribution in [3.8, 4) is 56.4 Å². The Hall–Kier alpha value is -6.97. The maximum absolute atomic E-state index is 5.27. The molecule has 3 heteroatoms. The molecule has 0 N–H and O–H groups in total. The van der Waals surface area contributed by atoms with E-state index in [4.69, 9.17) is 15.0 Å². The summed E-state index contributed by atoms with van der Waals surface area (Å²) in [5.41, 5.74) is 7.60. The lowest BCUT2D eigenvalue weighted by Gasteiger charge is -2.14. The Labute approximate surface area is 301 Å². The summed E-state index contributed by atoms with van der Waals surface area (Å²) in [4.78, 5) is 15.7. The van der Waals surface area contributed by atoms with Crippen LogP contribution < -0.4 is 0 Å². The molecule has 242 valence electrons. The van der Waals surface area contributed by atoms with E-state index < -0.39 is 0 Å². The molecule has 0 bridgehead atoms. The smallest absolute Gasteiger partial charge is 0.164 e. The van der Waals surface area contributed by atoms with Gasteiger partial charge in [0.25, 0.3) is 0 Å². The third kappa shape index (κ3) is 5.10. The third-order valence-corrected chi connectivity index (χ3v) is 10.1. The molecular weight excluding hydrogens is 631 g/mol. The van der Waals surface area contributed by atoms with E-state index in [0.717, 1.165) is 43.8 Å².